The van der Waals surface area contributed by atoms with Gasteiger partial charge in [0.25, 0.3) is 0 Å². The van der Waals surface area contributed by atoms with E-state index in [4.69, 9.17) is 0 Å². The van der Waals surface area contributed by atoms with Crippen molar-refractivity contribution < 1.29 is 64.3 Å². The van der Waals surface area contributed by atoms with Crippen LogP contribution in [0.15, 0.2) is 18.5 Å². The van der Waals surface area contributed by atoms with Gasteiger partial charge in [0.15, 0.2) is 5.65 Å². The van der Waals surface area contributed by atoms with E-state index in [1.54, 1.807) is 7.05 Å². The van der Waals surface area contributed by atoms with Crippen molar-refractivity contribution in [2.45, 2.75) is 0 Å². The summed E-state index contributed by atoms with van der Waals surface area (Å²) in [7, 11) is 1.63. The minimum absolute atomic E-state index is 0. The summed E-state index contributed by atoms with van der Waals surface area (Å²) in [5, 5.41) is 4.22. The molecule has 2 rings (SSSR count). The molecule has 0 N–H and O–H groups in total. The number of aryl methyl sites for hydroxylation is 1. The Kier molecular flexibility index (Phi) is 3.99. The van der Waals surface area contributed by atoms with Crippen molar-refractivity contribution in [1.82, 2.24) is 14.8 Å². The van der Waals surface area contributed by atoms with E-state index in [1.165, 1.54) is 10.9 Å². The van der Waals surface area contributed by atoms with Crippen LogP contribution in [0.1, 0.15) is 0 Å². The normalized spacial score (nSPS) is 11.5. The molecule has 3 nitrogen and oxygen atoms in total. The fourth-order valence-electron chi connectivity index (χ4n) is 1.24. The summed E-state index contributed by atoms with van der Waals surface area (Å²) in [5.74, 6) is 0. The van der Waals surface area contributed by atoms with Gasteiger partial charge in [-0.05, 0) is 0 Å². The third-order valence-corrected chi connectivity index (χ3v) is 1.97. The van der Waals surface area contributed by atoms with Gasteiger partial charge in [-0.15, -0.1) is 0 Å². The summed E-state index contributed by atoms with van der Waals surface area (Å²) in [5.41, 5.74) is -0.237. The molecule has 2 aromatic rings. The average molecular weight is 239 g/mol. The summed E-state index contributed by atoms with van der Waals surface area (Å²) in [4.78, 5) is 3.70. The molecule has 2 aromatic heterocycles. The number of rotatable bonds is 1. The molecule has 0 aliphatic rings. The Labute approximate surface area is 127 Å². The number of pyridine rings is 1. The first-order valence-electron chi connectivity index (χ1n) is 3.96. The number of halogens is 3. The minimum atomic E-state index is -4.98. The molecule has 0 saturated heterocycles. The largest absolute Gasteiger partial charge is 1.00 e. The van der Waals surface area contributed by atoms with Crippen LogP contribution in [0.3, 0.4) is 0 Å². The van der Waals surface area contributed by atoms with Crippen LogP contribution < -0.4 is 56.8 Å². The molecule has 0 bridgehead atoms. The van der Waals surface area contributed by atoms with Gasteiger partial charge in [-0.1, -0.05) is 11.5 Å². The van der Waals surface area contributed by atoms with Crippen molar-refractivity contribution in [2.75, 3.05) is 0 Å². The fourth-order valence-corrected chi connectivity index (χ4v) is 1.24. The molecule has 0 unspecified atom stereocenters. The van der Waals surface area contributed by atoms with Crippen molar-refractivity contribution in [1.29, 1.82) is 0 Å². The Morgan fingerprint density at radius 1 is 1.27 bits per heavy atom. The van der Waals surface area contributed by atoms with Crippen molar-refractivity contribution >= 4 is 23.5 Å². The van der Waals surface area contributed by atoms with E-state index in [1.807, 2.05) is 0 Å². The predicted molar refractivity (Wildman–Crippen MR) is 47.2 cm³/mol. The first kappa shape index (κ1) is 13.2. The average Bonchev–Trinajstić information content (AvgIpc) is 2.46. The summed E-state index contributed by atoms with van der Waals surface area (Å²) < 4.78 is 38.4. The van der Waals surface area contributed by atoms with Crippen LogP contribution in [0.25, 0.3) is 11.0 Å². The van der Waals surface area contributed by atoms with Gasteiger partial charge in [0, 0.05) is 18.6 Å². The Bertz CT molecular complexity index is 482. The Morgan fingerprint density at radius 2 is 1.93 bits per heavy atom. The molecule has 0 radical (unpaired) electrons. The summed E-state index contributed by atoms with van der Waals surface area (Å²) in [6, 6.07) is 1.06. The van der Waals surface area contributed by atoms with Gasteiger partial charge < -0.3 is 12.9 Å². The van der Waals surface area contributed by atoms with Crippen LogP contribution in [0.4, 0.5) is 12.9 Å². The molecule has 0 atom stereocenters. The number of fused-ring (bicyclic) bond motifs is 1. The van der Waals surface area contributed by atoms with E-state index < -0.39 is 12.4 Å². The predicted octanol–water partition coefficient (Wildman–Crippen LogP) is -1.97. The Morgan fingerprint density at radius 3 is 2.53 bits per heavy atom. The Hall–Kier alpha value is 0.111. The minimum Gasteiger partial charge on any atom is -0.445 e. The standard InChI is InChI=1S/C7H6BF3N3.K/c1-14-7-5(3-13-14)2-6(4-12-7)8(9,10)11;/h2-4H,1H3;/q-1;+1. The first-order valence-corrected chi connectivity index (χ1v) is 3.96. The van der Waals surface area contributed by atoms with E-state index in [2.05, 4.69) is 10.1 Å². The van der Waals surface area contributed by atoms with E-state index in [0.29, 0.717) is 11.0 Å². The second-order valence-electron chi connectivity index (χ2n) is 3.02. The molecular formula is C7H6BF3KN3. The zero-order valence-corrected chi connectivity index (χ0v) is 11.4. The van der Waals surface area contributed by atoms with Crippen LogP contribution >= 0.6 is 0 Å². The molecule has 0 aliphatic heterocycles. The first-order chi connectivity index (χ1) is 6.48. The number of nitrogens with zero attached hydrogens (tertiary/aromatic N) is 3. The maximum atomic E-state index is 12.3. The summed E-state index contributed by atoms with van der Waals surface area (Å²) in [6.45, 7) is -4.98. The third kappa shape index (κ3) is 2.62. The van der Waals surface area contributed by atoms with Gasteiger partial charge in [0.05, 0.1) is 6.20 Å². The van der Waals surface area contributed by atoms with E-state index in [0.717, 1.165) is 12.3 Å². The maximum Gasteiger partial charge on any atom is 1.00 e. The third-order valence-electron chi connectivity index (χ3n) is 1.97. The van der Waals surface area contributed by atoms with Crippen LogP contribution in [-0.2, 0) is 7.05 Å². The summed E-state index contributed by atoms with van der Waals surface area (Å²) >= 11 is 0. The molecule has 2 heterocycles. The molecule has 0 fully saturated rings. The fraction of sp³-hybridized carbons (Fsp3) is 0.143. The van der Waals surface area contributed by atoms with Gasteiger partial charge in [0.1, 0.15) is 0 Å². The summed E-state index contributed by atoms with van der Waals surface area (Å²) in [6.07, 6.45) is 2.21. The SMILES string of the molecule is Cn1ncc2cc([B-](F)(F)F)cnc21.[K+]. The quantitative estimate of drug-likeness (QED) is 0.540. The zero-order valence-electron chi connectivity index (χ0n) is 8.28. The molecule has 0 aromatic carbocycles. The molecule has 0 spiro atoms. The van der Waals surface area contributed by atoms with Crippen molar-refractivity contribution in [3.05, 3.63) is 18.5 Å². The van der Waals surface area contributed by atoms with Crippen LogP contribution in [-0.4, -0.2) is 21.7 Å². The van der Waals surface area contributed by atoms with E-state index >= 15 is 0 Å². The molecule has 0 aliphatic carbocycles. The van der Waals surface area contributed by atoms with E-state index in [9.17, 15) is 12.9 Å². The van der Waals surface area contributed by atoms with Crippen LogP contribution in [0, 0.1) is 0 Å². The molecule has 8 heteroatoms. The second-order valence-corrected chi connectivity index (χ2v) is 3.02. The molecule has 0 saturated carbocycles. The van der Waals surface area contributed by atoms with Crippen molar-refractivity contribution in [3.8, 4) is 0 Å². The molecule has 74 valence electrons. The van der Waals surface area contributed by atoms with Gasteiger partial charge in [-0.25, -0.2) is 4.98 Å². The molecular weight excluding hydrogens is 233 g/mol. The topological polar surface area (TPSA) is 30.7 Å². The maximum absolute atomic E-state index is 12.3. The smallest absolute Gasteiger partial charge is 0.445 e. The van der Waals surface area contributed by atoms with Crippen LogP contribution in [0.5, 0.6) is 0 Å². The Balaban J connectivity index is 0.00000112. The van der Waals surface area contributed by atoms with Gasteiger partial charge in [-0.2, -0.15) is 5.10 Å². The van der Waals surface area contributed by atoms with E-state index in [-0.39, 0.29) is 51.4 Å². The van der Waals surface area contributed by atoms with Gasteiger partial charge in [0.2, 0.25) is 0 Å². The van der Waals surface area contributed by atoms with Gasteiger partial charge >= 0.3 is 58.4 Å². The monoisotopic (exact) mass is 239 g/mol. The molecule has 0 amide bonds. The number of hydrogen-bond donors (Lipinski definition) is 0. The number of aromatic nitrogens is 3. The molecule has 15 heavy (non-hydrogen) atoms. The van der Waals surface area contributed by atoms with Crippen LogP contribution in [0.2, 0.25) is 0 Å². The van der Waals surface area contributed by atoms with Gasteiger partial charge in [-0.3, -0.25) is 4.68 Å². The zero-order chi connectivity index (χ0) is 10.3. The van der Waals surface area contributed by atoms with Crippen molar-refractivity contribution in [3.63, 3.8) is 0 Å². The number of hydrogen-bond acceptors (Lipinski definition) is 2. The van der Waals surface area contributed by atoms with Crippen molar-refractivity contribution in [2.24, 2.45) is 7.05 Å². The second kappa shape index (κ2) is 4.54.